The van der Waals surface area contributed by atoms with E-state index < -0.39 is 30.4 Å². The number of hydrogen-bond acceptors (Lipinski definition) is 20. The van der Waals surface area contributed by atoms with Gasteiger partial charge >= 0.3 is 23.9 Å². The summed E-state index contributed by atoms with van der Waals surface area (Å²) in [7, 11) is 0. The Morgan fingerprint density at radius 3 is 1.02 bits per heavy atom. The summed E-state index contributed by atoms with van der Waals surface area (Å²) in [5.41, 5.74) is 1.72. The average molecular weight is 1760 g/mol. The second-order valence-electron chi connectivity index (χ2n) is 32.0. The Labute approximate surface area is 743 Å². The molecule has 0 saturated carbocycles. The van der Waals surface area contributed by atoms with Crippen molar-refractivity contribution in [3.63, 3.8) is 0 Å². The molecule has 4 N–H and O–H groups in total. The first kappa shape index (κ1) is 112. The van der Waals surface area contributed by atoms with Crippen molar-refractivity contribution < 1.29 is 95.7 Å². The first-order valence-electron chi connectivity index (χ1n) is 44.8. The van der Waals surface area contributed by atoms with Gasteiger partial charge in [-0.15, -0.1) is 0 Å². The van der Waals surface area contributed by atoms with Crippen molar-refractivity contribution in [2.45, 2.75) is 286 Å². The van der Waals surface area contributed by atoms with Crippen LogP contribution in [0.3, 0.4) is 0 Å². The number of rotatable bonds is 29. The van der Waals surface area contributed by atoms with Crippen molar-refractivity contribution in [2.75, 3.05) is 111 Å². The molecule has 0 aromatic carbocycles. The predicted octanol–water partition coefficient (Wildman–Crippen LogP) is 10.2. The van der Waals surface area contributed by atoms with E-state index in [4.69, 9.17) is 18.9 Å². The van der Waals surface area contributed by atoms with E-state index in [-0.39, 0.29) is 102 Å². The minimum absolute atomic E-state index is 0.0208. The first-order valence-corrected chi connectivity index (χ1v) is 44.8. The highest BCUT2D eigenvalue weighted by atomic mass is 16.6. The zero-order valence-corrected chi connectivity index (χ0v) is 76.7. The Balaban J connectivity index is 0.000000714. The number of amides is 12. The minimum atomic E-state index is -0.491. The van der Waals surface area contributed by atoms with Crippen LogP contribution >= 0.6 is 0 Å². The smallest absolute Gasteiger partial charge is 0.335 e. The summed E-state index contributed by atoms with van der Waals surface area (Å²) in [6.07, 6.45) is 33.2. The van der Waals surface area contributed by atoms with Gasteiger partial charge in [-0.1, -0.05) is 104 Å². The number of likely N-dealkylation sites (tertiary alicyclic amines) is 8. The molecule has 702 valence electrons. The number of carbonyl (C=O) groups is 16. The SMILES string of the molecule is C=C(C)C(=O)NC(C)N1CCCCCC1=O.C=C(C)C(=O)NCCN1CCCCCC1=O.C=C(C)C(=O)OC(C)N1CCCCCC1=O.C=C(C)C(=O)OCCN1CCCCCC1=O.C=CC(=O)NC(C)CN1CCCCCC1=O.C=CC(=O)NCCN1CCCCCC1=O.C=CC(=O)OC(C)N1CCCCCC1=O.C=CC(=O)OCCN1CCCCCC1=O. The summed E-state index contributed by atoms with van der Waals surface area (Å²) in [6, 6.07) is -0.0208. The molecule has 4 atom stereocenters. The molecular formula is C93H150N12O20. The summed E-state index contributed by atoms with van der Waals surface area (Å²) in [4.78, 5) is 196. The highest BCUT2D eigenvalue weighted by Gasteiger charge is 2.29. The van der Waals surface area contributed by atoms with Crippen molar-refractivity contribution in [1.82, 2.24) is 60.5 Å². The Bertz CT molecular complexity index is 3390. The van der Waals surface area contributed by atoms with Crippen molar-refractivity contribution in [3.8, 4) is 0 Å². The van der Waals surface area contributed by atoms with Crippen LogP contribution in [0.15, 0.2) is 99.2 Å². The third-order valence-corrected chi connectivity index (χ3v) is 21.0. The van der Waals surface area contributed by atoms with Gasteiger partial charge in [-0.05, 0) is 170 Å². The van der Waals surface area contributed by atoms with E-state index >= 15 is 0 Å². The van der Waals surface area contributed by atoms with Crippen molar-refractivity contribution in [1.29, 1.82) is 0 Å². The van der Waals surface area contributed by atoms with E-state index in [1.54, 1.807) is 66.0 Å². The fraction of sp³-hybridized carbons (Fsp3) is 0.656. The lowest BCUT2D eigenvalue weighted by Gasteiger charge is -2.28. The molecule has 0 aromatic heterocycles. The van der Waals surface area contributed by atoms with Gasteiger partial charge in [0.15, 0.2) is 12.5 Å². The van der Waals surface area contributed by atoms with Crippen LogP contribution in [0.25, 0.3) is 0 Å². The number of esters is 4. The van der Waals surface area contributed by atoms with Gasteiger partial charge < -0.3 is 79.4 Å². The third-order valence-electron chi connectivity index (χ3n) is 21.0. The van der Waals surface area contributed by atoms with Crippen LogP contribution in [0.2, 0.25) is 0 Å². The summed E-state index contributed by atoms with van der Waals surface area (Å²) in [5.74, 6) is -1.21. The molecule has 32 nitrogen and oxygen atoms in total. The molecular weight excluding hydrogens is 1610 g/mol. The van der Waals surface area contributed by atoms with Gasteiger partial charge in [0.2, 0.25) is 70.9 Å². The second kappa shape index (κ2) is 66.9. The van der Waals surface area contributed by atoms with E-state index in [9.17, 15) is 76.7 Å². The van der Waals surface area contributed by atoms with Crippen LogP contribution in [0.5, 0.6) is 0 Å². The number of nitrogens with zero attached hydrogens (tertiary/aromatic N) is 8. The van der Waals surface area contributed by atoms with Crippen molar-refractivity contribution in [3.05, 3.63) is 99.2 Å². The molecule has 12 amide bonds. The normalized spacial score (nSPS) is 18.0. The Kier molecular flexibility index (Phi) is 60.2. The standard InChI is InChI=1S/3C12H20N2O2.2C12H19NO3.C11H18N2O2.2C11H17NO3/c1-9(2)12(16)13-10(3)14-8-6-4-5-7-11(14)15;1-10(2)12(16)13-7-9-14-8-5-3-4-6-11(14)15;1-3-11(15)13-10(2)9-14-8-6-4-5-7-12(14)16;1-9(2)12(15)16-10(3)13-8-6-4-5-7-11(13)14;1-10(2)12(15)16-9-8-13-7-5-3-4-6-11(13)14;1-2-10(14)12-7-9-13-8-5-3-4-6-11(13)15;1-3-11(14)15-9(2)12-8-6-4-5-7-10(12)13;1-2-11(14)15-9-8-12-7-5-3-4-6-10(12)13/h10H,1,4-8H2,2-3H3,(H,13,16);1,3-9H2,2H3,(H,13,16);3,10H,1,4-9H2,2H3,(H,13,15);10H,1,4-8H2,2-3H3;1,3-9H2,2H3;2H,1,3-9H2,(H,12,14);3,9H,1,4-8H2,2H3;2H,1,3-9H2. The zero-order chi connectivity index (χ0) is 93.6. The molecule has 8 aliphatic rings. The molecule has 8 fully saturated rings. The summed E-state index contributed by atoms with van der Waals surface area (Å²) in [6.45, 7) is 51.7. The fourth-order valence-electron chi connectivity index (χ4n) is 13.7. The quantitative estimate of drug-likeness (QED) is 0.0307. The van der Waals surface area contributed by atoms with Crippen molar-refractivity contribution in [2.24, 2.45) is 0 Å². The van der Waals surface area contributed by atoms with Crippen LogP contribution in [0.1, 0.15) is 261 Å². The molecule has 8 aliphatic heterocycles. The van der Waals surface area contributed by atoms with Gasteiger partial charge in [-0.25, -0.2) is 19.2 Å². The van der Waals surface area contributed by atoms with E-state index in [2.05, 4.69) is 73.9 Å². The number of ether oxygens (including phenoxy) is 4. The maximum absolute atomic E-state index is 11.8. The van der Waals surface area contributed by atoms with Gasteiger partial charge in [0.1, 0.15) is 19.4 Å². The summed E-state index contributed by atoms with van der Waals surface area (Å²) < 4.78 is 20.0. The molecule has 8 saturated heterocycles. The molecule has 8 rings (SSSR count). The molecule has 8 heterocycles. The number of hydrogen-bond donors (Lipinski definition) is 4. The molecule has 0 radical (unpaired) electrons. The molecule has 0 bridgehead atoms. The lowest BCUT2D eigenvalue weighted by Crippen LogP contribution is -2.49. The van der Waals surface area contributed by atoms with Crippen LogP contribution in [-0.4, -0.2) is 270 Å². The van der Waals surface area contributed by atoms with Gasteiger partial charge in [0, 0.05) is 177 Å². The van der Waals surface area contributed by atoms with Crippen molar-refractivity contribution >= 4 is 94.8 Å². The van der Waals surface area contributed by atoms with Crippen LogP contribution in [0.4, 0.5) is 0 Å². The monoisotopic (exact) mass is 1760 g/mol. The number of carbonyl (C=O) groups excluding carboxylic acids is 16. The van der Waals surface area contributed by atoms with E-state index in [1.807, 2.05) is 28.5 Å². The van der Waals surface area contributed by atoms with Crippen LogP contribution < -0.4 is 21.3 Å². The van der Waals surface area contributed by atoms with Crippen LogP contribution in [-0.2, 0) is 95.7 Å². The predicted molar refractivity (Wildman–Crippen MR) is 480 cm³/mol. The fourth-order valence-corrected chi connectivity index (χ4v) is 13.7. The highest BCUT2D eigenvalue weighted by Crippen LogP contribution is 2.20. The molecule has 0 aromatic rings. The van der Waals surface area contributed by atoms with Gasteiger partial charge in [-0.3, -0.25) is 57.5 Å². The largest absolute Gasteiger partial charge is 0.461 e. The van der Waals surface area contributed by atoms with Crippen LogP contribution in [0, 0.1) is 0 Å². The highest BCUT2D eigenvalue weighted by molar-refractivity contribution is 5.93. The van der Waals surface area contributed by atoms with E-state index in [1.165, 1.54) is 12.2 Å². The Hall–Kier alpha value is -10.6. The molecule has 32 heteroatoms. The lowest BCUT2D eigenvalue weighted by molar-refractivity contribution is -0.160. The Morgan fingerprint density at radius 1 is 0.328 bits per heavy atom. The number of nitrogens with one attached hydrogen (secondary N) is 4. The van der Waals surface area contributed by atoms with Gasteiger partial charge in [-0.2, -0.15) is 0 Å². The maximum atomic E-state index is 11.8. The molecule has 0 aliphatic carbocycles. The third kappa shape index (κ3) is 51.5. The van der Waals surface area contributed by atoms with E-state index in [0.717, 1.165) is 206 Å². The average Bonchev–Trinajstić information content (AvgIpc) is 1.86. The minimum Gasteiger partial charge on any atom is -0.461 e. The van der Waals surface area contributed by atoms with E-state index in [0.29, 0.717) is 133 Å². The zero-order valence-electron chi connectivity index (χ0n) is 76.7. The lowest BCUT2D eigenvalue weighted by atomic mass is 10.2. The molecule has 4 unspecified atom stereocenters. The first-order chi connectivity index (χ1) is 59.5. The topological polar surface area (TPSA) is 384 Å². The molecule has 125 heavy (non-hydrogen) atoms. The molecule has 0 spiro atoms. The Morgan fingerprint density at radius 2 is 0.648 bits per heavy atom. The summed E-state index contributed by atoms with van der Waals surface area (Å²) >= 11 is 0. The van der Waals surface area contributed by atoms with Gasteiger partial charge in [0.05, 0.1) is 13.1 Å². The van der Waals surface area contributed by atoms with Gasteiger partial charge in [0.25, 0.3) is 0 Å². The second-order valence-corrected chi connectivity index (χ2v) is 32.0. The maximum Gasteiger partial charge on any atom is 0.335 e. The summed E-state index contributed by atoms with van der Waals surface area (Å²) in [5, 5.41) is 10.9.